The third-order valence-electron chi connectivity index (χ3n) is 5.86. The number of carbonyl (C=O) groups excluding carboxylic acids is 1. The van der Waals surface area contributed by atoms with Crippen molar-refractivity contribution in [2.45, 2.75) is 31.8 Å². The lowest BCUT2D eigenvalue weighted by Crippen LogP contribution is -2.55. The number of carbonyl (C=O) groups is 1. The lowest BCUT2D eigenvalue weighted by Gasteiger charge is -2.42. The van der Waals surface area contributed by atoms with Gasteiger partial charge in [0.2, 0.25) is 0 Å². The summed E-state index contributed by atoms with van der Waals surface area (Å²) in [6, 6.07) is 6.13. The second-order valence-electron chi connectivity index (χ2n) is 7.66. The highest BCUT2D eigenvalue weighted by atomic mass is 79.9. The number of aryl methyl sites for hydroxylation is 2. The van der Waals surface area contributed by atoms with Gasteiger partial charge in [-0.15, -0.1) is 0 Å². The van der Waals surface area contributed by atoms with E-state index in [1.54, 1.807) is 6.92 Å². The van der Waals surface area contributed by atoms with Gasteiger partial charge >= 0.3 is 0 Å². The summed E-state index contributed by atoms with van der Waals surface area (Å²) in [5.41, 5.74) is 4.80. The molecule has 0 bridgehead atoms. The Morgan fingerprint density at radius 3 is 2.68 bits per heavy atom. The molecule has 0 N–H and O–H groups in total. The van der Waals surface area contributed by atoms with E-state index < -0.39 is 0 Å². The summed E-state index contributed by atoms with van der Waals surface area (Å²) in [6.45, 7) is 4.12. The number of halogens is 3. The molecule has 1 aliphatic carbocycles. The first-order valence-corrected chi connectivity index (χ1v) is 11.4. The van der Waals surface area contributed by atoms with E-state index in [1.807, 2.05) is 19.3 Å². The molecule has 7 heteroatoms. The number of likely N-dealkylation sites (N-methyl/N-ethyl adjacent to an activating group) is 1. The van der Waals surface area contributed by atoms with Gasteiger partial charge in [0.05, 0.1) is 17.8 Å². The van der Waals surface area contributed by atoms with Gasteiger partial charge in [0, 0.05) is 39.8 Å². The smallest absolute Gasteiger partial charge is 0.148 e. The van der Waals surface area contributed by atoms with Crippen molar-refractivity contribution in [2.24, 2.45) is 0 Å². The van der Waals surface area contributed by atoms with Gasteiger partial charge in [-0.05, 0) is 77.6 Å². The van der Waals surface area contributed by atoms with Gasteiger partial charge in [0.1, 0.15) is 5.78 Å². The Hall–Kier alpha value is -0.790. The highest BCUT2D eigenvalue weighted by Crippen LogP contribution is 2.42. The van der Waals surface area contributed by atoms with Crippen LogP contribution in [0.4, 0.5) is 0 Å². The summed E-state index contributed by atoms with van der Waals surface area (Å²) in [4.78, 5) is 21.6. The molecule has 4 rings (SSSR count). The summed E-state index contributed by atoms with van der Waals surface area (Å²) in [7, 11) is 2.03. The van der Waals surface area contributed by atoms with Crippen LogP contribution >= 0.6 is 43.5 Å². The Bertz CT molecular complexity index is 936. The predicted molar refractivity (Wildman–Crippen MR) is 119 cm³/mol. The first-order valence-electron chi connectivity index (χ1n) is 9.42. The molecular weight excluding hydrogens is 506 g/mol. The minimum atomic E-state index is -0.0922. The summed E-state index contributed by atoms with van der Waals surface area (Å²) >= 11 is 13.7. The fraction of sp³-hybridized carbons (Fsp3) is 0.429. The van der Waals surface area contributed by atoms with Crippen LogP contribution in [0.25, 0.3) is 0 Å². The van der Waals surface area contributed by atoms with Gasteiger partial charge in [0.15, 0.2) is 0 Å². The third kappa shape index (κ3) is 3.82. The zero-order chi connectivity index (χ0) is 20.0. The fourth-order valence-electron chi connectivity index (χ4n) is 4.42. The number of pyridine rings is 1. The van der Waals surface area contributed by atoms with Crippen molar-refractivity contribution in [3.05, 3.63) is 60.7 Å². The van der Waals surface area contributed by atoms with Crippen molar-refractivity contribution < 1.29 is 4.79 Å². The number of aromatic nitrogens is 1. The summed E-state index contributed by atoms with van der Waals surface area (Å²) in [5.74, 6) is 0.209. The highest BCUT2D eigenvalue weighted by Gasteiger charge is 2.37. The van der Waals surface area contributed by atoms with Crippen molar-refractivity contribution in [3.8, 4) is 0 Å². The average molecular weight is 528 g/mol. The Labute approximate surface area is 187 Å². The molecule has 1 fully saturated rings. The van der Waals surface area contributed by atoms with Gasteiger partial charge < -0.3 is 0 Å². The van der Waals surface area contributed by atoms with Crippen LogP contribution < -0.4 is 0 Å². The molecule has 0 amide bonds. The molecule has 148 valence electrons. The van der Waals surface area contributed by atoms with E-state index in [0.29, 0.717) is 6.54 Å². The van der Waals surface area contributed by atoms with Crippen LogP contribution in [0.15, 0.2) is 33.3 Å². The zero-order valence-corrected chi connectivity index (χ0v) is 19.8. The SMILES string of the molecule is CC(=O)[C@H]1CN(C2c3ncc(Br)cc3CCc3cc(Cl)cc(Br)c32)CCN1C. The number of ketones is 1. The topological polar surface area (TPSA) is 36.4 Å². The molecule has 28 heavy (non-hydrogen) atoms. The van der Waals surface area contributed by atoms with Gasteiger partial charge in [-0.2, -0.15) is 0 Å². The number of benzene rings is 1. The first kappa shape index (κ1) is 20.5. The van der Waals surface area contributed by atoms with Crippen LogP contribution in [-0.2, 0) is 17.6 Å². The maximum Gasteiger partial charge on any atom is 0.148 e. The number of fused-ring (bicyclic) bond motifs is 2. The minimum absolute atomic E-state index is 0.00258. The maximum absolute atomic E-state index is 12.2. The summed E-state index contributed by atoms with van der Waals surface area (Å²) in [5, 5.41) is 0.740. The number of nitrogens with zero attached hydrogens (tertiary/aromatic N) is 3. The molecule has 1 saturated heterocycles. The number of hydrogen-bond acceptors (Lipinski definition) is 4. The molecule has 1 aromatic heterocycles. The van der Waals surface area contributed by atoms with Crippen molar-refractivity contribution >= 4 is 49.2 Å². The fourth-order valence-corrected chi connectivity index (χ4v) is 5.89. The van der Waals surface area contributed by atoms with Crippen LogP contribution in [-0.4, -0.2) is 53.3 Å². The third-order valence-corrected chi connectivity index (χ3v) is 7.17. The van der Waals surface area contributed by atoms with Gasteiger partial charge in [0.25, 0.3) is 0 Å². The van der Waals surface area contributed by atoms with Crippen molar-refractivity contribution in [1.82, 2.24) is 14.8 Å². The van der Waals surface area contributed by atoms with Crippen LogP contribution in [0, 0.1) is 0 Å². The summed E-state index contributed by atoms with van der Waals surface area (Å²) in [6.07, 6.45) is 3.71. The first-order chi connectivity index (χ1) is 13.3. The summed E-state index contributed by atoms with van der Waals surface area (Å²) < 4.78 is 2.00. The molecule has 4 nitrogen and oxygen atoms in total. The van der Waals surface area contributed by atoms with Crippen LogP contribution in [0.1, 0.15) is 35.3 Å². The molecule has 0 spiro atoms. The van der Waals surface area contributed by atoms with Gasteiger partial charge in [-0.25, -0.2) is 0 Å². The van der Waals surface area contributed by atoms with Gasteiger partial charge in [-0.1, -0.05) is 27.5 Å². The van der Waals surface area contributed by atoms with E-state index in [1.165, 1.54) is 16.7 Å². The average Bonchev–Trinajstić information content (AvgIpc) is 2.79. The largest absolute Gasteiger partial charge is 0.298 e. The maximum atomic E-state index is 12.2. The standard InChI is InChI=1S/C21H22Br2ClN3O/c1-12(28)18-11-27(6-5-26(18)2)21-19-13(8-16(24)9-17(19)23)3-4-14-7-15(22)10-25-20(14)21/h7-10,18,21H,3-6,11H2,1-2H3/t18-,21?/m1/s1. The second kappa shape index (κ2) is 8.15. The minimum Gasteiger partial charge on any atom is -0.298 e. The molecular formula is C21H22Br2ClN3O. The molecule has 0 saturated carbocycles. The number of Topliss-reactive ketones (excluding diaryl/α,β-unsaturated/α-hetero) is 1. The Morgan fingerprint density at radius 1 is 1.18 bits per heavy atom. The van der Waals surface area contributed by atoms with Crippen molar-refractivity contribution in [2.75, 3.05) is 26.7 Å². The van der Waals surface area contributed by atoms with E-state index in [2.05, 4.69) is 53.8 Å². The number of rotatable bonds is 2. The number of piperazine rings is 1. The lowest BCUT2D eigenvalue weighted by molar-refractivity contribution is -0.124. The molecule has 2 heterocycles. The normalized spacial score (nSPS) is 23.0. The van der Waals surface area contributed by atoms with Crippen LogP contribution in [0.5, 0.6) is 0 Å². The zero-order valence-electron chi connectivity index (χ0n) is 15.9. The molecule has 2 aliphatic rings. The second-order valence-corrected chi connectivity index (χ2v) is 9.87. The van der Waals surface area contributed by atoms with E-state index in [9.17, 15) is 4.79 Å². The molecule has 1 unspecified atom stereocenters. The Morgan fingerprint density at radius 2 is 1.93 bits per heavy atom. The van der Waals surface area contributed by atoms with Crippen LogP contribution in [0.2, 0.25) is 5.02 Å². The van der Waals surface area contributed by atoms with Crippen molar-refractivity contribution in [3.63, 3.8) is 0 Å². The van der Waals surface area contributed by atoms with E-state index in [-0.39, 0.29) is 17.9 Å². The molecule has 0 radical (unpaired) electrons. The monoisotopic (exact) mass is 525 g/mol. The van der Waals surface area contributed by atoms with E-state index >= 15 is 0 Å². The molecule has 1 aromatic carbocycles. The predicted octanol–water partition coefficient (Wildman–Crippen LogP) is 4.65. The Balaban J connectivity index is 1.86. The van der Waals surface area contributed by atoms with Gasteiger partial charge in [-0.3, -0.25) is 19.6 Å². The molecule has 2 aromatic rings. The Kier molecular flexibility index (Phi) is 5.96. The number of hydrogen-bond donors (Lipinski definition) is 0. The van der Waals surface area contributed by atoms with E-state index in [0.717, 1.165) is 45.6 Å². The molecule has 2 atom stereocenters. The lowest BCUT2D eigenvalue weighted by atomic mass is 9.95. The van der Waals surface area contributed by atoms with Crippen LogP contribution in [0.3, 0.4) is 0 Å². The quantitative estimate of drug-likeness (QED) is 0.570. The molecule has 1 aliphatic heterocycles. The highest BCUT2D eigenvalue weighted by molar-refractivity contribution is 9.10. The van der Waals surface area contributed by atoms with Crippen molar-refractivity contribution in [1.29, 1.82) is 0 Å². The van der Waals surface area contributed by atoms with E-state index in [4.69, 9.17) is 16.6 Å².